The molecule has 3 aromatic rings. The Morgan fingerprint density at radius 3 is 2.12 bits per heavy atom. The fourth-order valence-electron chi connectivity index (χ4n) is 4.29. The maximum absolute atomic E-state index is 13.5. The van der Waals surface area contributed by atoms with Crippen LogP contribution in [0, 0.1) is 23.0 Å². The predicted molar refractivity (Wildman–Crippen MR) is 117 cm³/mol. The average Bonchev–Trinajstić information content (AvgIpc) is 3.31. The van der Waals surface area contributed by atoms with Gasteiger partial charge in [0.15, 0.2) is 6.10 Å². The monoisotopic (exact) mass is 429 g/mol. The molecule has 0 radical (unpaired) electrons. The van der Waals surface area contributed by atoms with Crippen LogP contribution in [0.2, 0.25) is 0 Å². The van der Waals surface area contributed by atoms with Crippen LogP contribution in [0.5, 0.6) is 0 Å². The molecule has 0 unspecified atom stereocenters. The highest BCUT2D eigenvalue weighted by Crippen LogP contribution is 2.47. The average molecular weight is 429 g/mol. The third-order valence-electron chi connectivity index (χ3n) is 5.86. The van der Waals surface area contributed by atoms with Crippen LogP contribution in [0.25, 0.3) is 0 Å². The molecule has 0 aliphatic carbocycles. The van der Waals surface area contributed by atoms with E-state index in [1.807, 2.05) is 61.5 Å². The quantitative estimate of drug-likeness (QED) is 0.354. The van der Waals surface area contributed by atoms with E-state index in [0.717, 1.165) is 21.7 Å². The number of carbonyl (C=O) groups excluding carboxylic acids is 2. The molecule has 0 spiro atoms. The Morgan fingerprint density at radius 1 is 0.844 bits per heavy atom. The number of rotatable bonds is 4. The molecule has 0 bridgehead atoms. The summed E-state index contributed by atoms with van der Waals surface area (Å²) >= 11 is 0. The Hall–Kier alpha value is -4.04. The van der Waals surface area contributed by atoms with Crippen molar-refractivity contribution < 1.29 is 19.3 Å². The second-order valence-electron chi connectivity index (χ2n) is 7.85. The SMILES string of the molecule is Cc1ccc([C@@H]2[C@@H]3C(=O)N(c4ccc([N+](=O)[O-])cc4)C(=O)[C@H]3ON2c2ccccc2)cc1. The maximum Gasteiger partial charge on any atom is 0.269 e. The van der Waals surface area contributed by atoms with E-state index in [9.17, 15) is 19.7 Å². The largest absolute Gasteiger partial charge is 0.273 e. The van der Waals surface area contributed by atoms with E-state index in [0.29, 0.717) is 0 Å². The Bertz CT molecular complexity index is 1190. The van der Waals surface area contributed by atoms with Gasteiger partial charge < -0.3 is 0 Å². The molecule has 160 valence electrons. The molecule has 3 aromatic carbocycles. The number of nitrogens with zero attached hydrogens (tertiary/aromatic N) is 3. The van der Waals surface area contributed by atoms with Crippen LogP contribution >= 0.6 is 0 Å². The van der Waals surface area contributed by atoms with Gasteiger partial charge in [-0.1, -0.05) is 48.0 Å². The number of hydroxylamine groups is 1. The van der Waals surface area contributed by atoms with E-state index in [4.69, 9.17) is 4.84 Å². The lowest BCUT2D eigenvalue weighted by Gasteiger charge is -2.28. The van der Waals surface area contributed by atoms with Crippen molar-refractivity contribution in [2.75, 3.05) is 9.96 Å². The van der Waals surface area contributed by atoms with Gasteiger partial charge in [0.05, 0.1) is 22.3 Å². The molecule has 2 aliphatic heterocycles. The van der Waals surface area contributed by atoms with Gasteiger partial charge in [0, 0.05) is 12.1 Å². The predicted octanol–water partition coefficient (Wildman–Crippen LogP) is 3.95. The third-order valence-corrected chi connectivity index (χ3v) is 5.86. The molecule has 0 saturated carbocycles. The van der Waals surface area contributed by atoms with Crippen molar-refractivity contribution in [1.29, 1.82) is 0 Å². The number of aryl methyl sites for hydroxylation is 1. The molecule has 0 N–H and O–H groups in total. The van der Waals surface area contributed by atoms with Crippen LogP contribution in [0.4, 0.5) is 17.1 Å². The van der Waals surface area contributed by atoms with Gasteiger partial charge in [0.25, 0.3) is 11.6 Å². The summed E-state index contributed by atoms with van der Waals surface area (Å²) in [6, 6.07) is 22.0. The number of nitro benzene ring substituents is 1. The number of para-hydroxylation sites is 1. The van der Waals surface area contributed by atoms with Crippen LogP contribution in [0.15, 0.2) is 78.9 Å². The summed E-state index contributed by atoms with van der Waals surface area (Å²) < 4.78 is 0. The number of imide groups is 1. The molecule has 2 amide bonds. The molecule has 2 saturated heterocycles. The second kappa shape index (κ2) is 7.58. The van der Waals surface area contributed by atoms with Gasteiger partial charge in [-0.25, -0.2) is 9.96 Å². The maximum atomic E-state index is 13.5. The van der Waals surface area contributed by atoms with E-state index in [-0.39, 0.29) is 11.4 Å². The Kier molecular flexibility index (Phi) is 4.71. The molecule has 2 aliphatic rings. The number of hydrogen-bond acceptors (Lipinski definition) is 6. The highest BCUT2D eigenvalue weighted by atomic mass is 16.7. The first kappa shape index (κ1) is 19.9. The number of amides is 2. The Morgan fingerprint density at radius 2 is 1.50 bits per heavy atom. The minimum atomic E-state index is -0.982. The molecule has 3 atom stereocenters. The van der Waals surface area contributed by atoms with Crippen LogP contribution in [0.3, 0.4) is 0 Å². The lowest BCUT2D eigenvalue weighted by Crippen LogP contribution is -2.37. The third kappa shape index (κ3) is 3.12. The van der Waals surface area contributed by atoms with Gasteiger partial charge in [-0.15, -0.1) is 0 Å². The van der Waals surface area contributed by atoms with Crippen LogP contribution in [0.1, 0.15) is 17.2 Å². The summed E-state index contributed by atoms with van der Waals surface area (Å²) in [7, 11) is 0. The van der Waals surface area contributed by atoms with Crippen molar-refractivity contribution in [3.63, 3.8) is 0 Å². The van der Waals surface area contributed by atoms with E-state index in [1.165, 1.54) is 24.3 Å². The van der Waals surface area contributed by atoms with Gasteiger partial charge >= 0.3 is 0 Å². The molecule has 8 heteroatoms. The van der Waals surface area contributed by atoms with E-state index in [2.05, 4.69) is 0 Å². The number of anilines is 2. The summed E-state index contributed by atoms with van der Waals surface area (Å²) in [5.41, 5.74) is 2.86. The molecule has 8 nitrogen and oxygen atoms in total. The van der Waals surface area contributed by atoms with Crippen molar-refractivity contribution >= 4 is 28.9 Å². The summed E-state index contributed by atoms with van der Waals surface area (Å²) in [4.78, 5) is 44.3. The standard InChI is InChI=1S/C24H19N3O5/c1-15-7-9-16(10-8-15)21-20-22(32-26(21)18-5-3-2-4-6-18)24(29)25(23(20)28)17-11-13-19(14-12-17)27(30)31/h2-14,20-22H,1H3/t20-,21+,22-/m0/s1. The second-order valence-corrected chi connectivity index (χ2v) is 7.85. The summed E-state index contributed by atoms with van der Waals surface area (Å²) in [6.07, 6.45) is -0.982. The fourth-order valence-corrected chi connectivity index (χ4v) is 4.29. The van der Waals surface area contributed by atoms with E-state index in [1.54, 1.807) is 5.06 Å². The smallest absolute Gasteiger partial charge is 0.269 e. The number of fused-ring (bicyclic) bond motifs is 1. The van der Waals surface area contributed by atoms with E-state index < -0.39 is 34.8 Å². The molecule has 32 heavy (non-hydrogen) atoms. The first-order valence-corrected chi connectivity index (χ1v) is 10.2. The van der Waals surface area contributed by atoms with Crippen LogP contribution < -0.4 is 9.96 Å². The number of carbonyl (C=O) groups is 2. The minimum Gasteiger partial charge on any atom is -0.273 e. The number of nitro groups is 1. The zero-order valence-electron chi connectivity index (χ0n) is 17.1. The van der Waals surface area contributed by atoms with Crippen molar-refractivity contribution in [3.05, 3.63) is 100 Å². The van der Waals surface area contributed by atoms with Crippen LogP contribution in [-0.2, 0) is 14.4 Å². The molecular formula is C24H19N3O5. The molecule has 0 aromatic heterocycles. The molecular weight excluding hydrogens is 410 g/mol. The lowest BCUT2D eigenvalue weighted by molar-refractivity contribution is -0.384. The minimum absolute atomic E-state index is 0.114. The molecule has 5 rings (SSSR count). The summed E-state index contributed by atoms with van der Waals surface area (Å²) in [5, 5.41) is 12.6. The van der Waals surface area contributed by atoms with Crippen molar-refractivity contribution in [2.24, 2.45) is 5.92 Å². The summed E-state index contributed by atoms with van der Waals surface area (Å²) in [6.45, 7) is 1.98. The first-order valence-electron chi connectivity index (χ1n) is 10.2. The highest BCUT2D eigenvalue weighted by Gasteiger charge is 2.60. The number of non-ortho nitro benzene ring substituents is 1. The number of hydrogen-bond donors (Lipinski definition) is 0. The van der Waals surface area contributed by atoms with Crippen molar-refractivity contribution in [1.82, 2.24) is 0 Å². The van der Waals surface area contributed by atoms with Crippen LogP contribution in [-0.4, -0.2) is 22.8 Å². The summed E-state index contributed by atoms with van der Waals surface area (Å²) in [5.74, 6) is -1.62. The highest BCUT2D eigenvalue weighted by molar-refractivity contribution is 6.23. The zero-order chi connectivity index (χ0) is 22.4. The van der Waals surface area contributed by atoms with Crippen molar-refractivity contribution in [3.8, 4) is 0 Å². The van der Waals surface area contributed by atoms with E-state index >= 15 is 0 Å². The fraction of sp³-hybridized carbons (Fsp3) is 0.167. The van der Waals surface area contributed by atoms with Gasteiger partial charge in [0.2, 0.25) is 5.91 Å². The normalized spacial score (nSPS) is 22.3. The van der Waals surface area contributed by atoms with Crippen molar-refractivity contribution in [2.45, 2.75) is 19.1 Å². The topological polar surface area (TPSA) is 93.0 Å². The zero-order valence-corrected chi connectivity index (χ0v) is 17.1. The molecule has 2 fully saturated rings. The van der Waals surface area contributed by atoms with Gasteiger partial charge in [-0.3, -0.25) is 24.5 Å². The lowest BCUT2D eigenvalue weighted by atomic mass is 9.90. The van der Waals surface area contributed by atoms with Gasteiger partial charge in [-0.2, -0.15) is 0 Å². The van der Waals surface area contributed by atoms with Gasteiger partial charge in [0.1, 0.15) is 5.92 Å². The first-order chi connectivity index (χ1) is 15.5. The number of benzene rings is 3. The Labute approximate surface area is 183 Å². The molecule has 2 heterocycles. The van der Waals surface area contributed by atoms with Gasteiger partial charge in [-0.05, 0) is 36.8 Å². The Balaban J connectivity index is 1.55.